The standard InChI is InChI=1S/C15H15ClN2O3/c1-2-5-17-15(20)9-8-18-6-7-21-11-4-3-10(16)12(13(11)18)14(9)19/h3-4,8H,2,5-7H2,1H3,(H,17,20). The van der Waals surface area contributed by atoms with Crippen LogP contribution >= 0.6 is 11.6 Å². The van der Waals surface area contributed by atoms with Gasteiger partial charge >= 0.3 is 0 Å². The quantitative estimate of drug-likeness (QED) is 0.945. The van der Waals surface area contributed by atoms with Crippen LogP contribution in [0.15, 0.2) is 23.1 Å². The lowest BCUT2D eigenvalue weighted by molar-refractivity contribution is 0.0952. The molecule has 1 amide bonds. The van der Waals surface area contributed by atoms with Gasteiger partial charge in [0.15, 0.2) is 0 Å². The van der Waals surface area contributed by atoms with Crippen molar-refractivity contribution in [2.24, 2.45) is 0 Å². The molecule has 0 fully saturated rings. The maximum absolute atomic E-state index is 12.6. The number of nitrogens with zero attached hydrogens (tertiary/aromatic N) is 1. The van der Waals surface area contributed by atoms with Gasteiger partial charge in [0.05, 0.1) is 22.5 Å². The monoisotopic (exact) mass is 306 g/mol. The third-order valence-electron chi connectivity index (χ3n) is 3.50. The highest BCUT2D eigenvalue weighted by Crippen LogP contribution is 2.31. The minimum atomic E-state index is -0.361. The van der Waals surface area contributed by atoms with E-state index in [1.165, 1.54) is 0 Å². The fourth-order valence-corrected chi connectivity index (χ4v) is 2.74. The number of hydrogen-bond acceptors (Lipinski definition) is 3. The fraction of sp³-hybridized carbons (Fsp3) is 0.333. The van der Waals surface area contributed by atoms with E-state index in [0.717, 1.165) is 6.42 Å². The van der Waals surface area contributed by atoms with Crippen LogP contribution in [0.25, 0.3) is 10.9 Å². The summed E-state index contributed by atoms with van der Waals surface area (Å²) in [5.41, 5.74) is 0.426. The van der Waals surface area contributed by atoms with Gasteiger partial charge in [0.25, 0.3) is 5.91 Å². The molecular weight excluding hydrogens is 292 g/mol. The number of pyridine rings is 1. The predicted molar refractivity (Wildman–Crippen MR) is 81.3 cm³/mol. The van der Waals surface area contributed by atoms with Crippen LogP contribution < -0.4 is 15.5 Å². The molecule has 2 heterocycles. The lowest BCUT2D eigenvalue weighted by Gasteiger charge is -2.21. The van der Waals surface area contributed by atoms with E-state index in [9.17, 15) is 9.59 Å². The summed E-state index contributed by atoms with van der Waals surface area (Å²) in [6, 6.07) is 3.38. The van der Waals surface area contributed by atoms with Crippen molar-refractivity contribution in [1.82, 2.24) is 9.88 Å². The van der Waals surface area contributed by atoms with Gasteiger partial charge in [-0.25, -0.2) is 0 Å². The first-order valence-corrected chi connectivity index (χ1v) is 7.28. The second-order valence-corrected chi connectivity index (χ2v) is 5.35. The Bertz CT molecular complexity index is 783. The minimum absolute atomic E-state index is 0.122. The molecule has 1 aliphatic heterocycles. The Balaban J connectivity index is 2.26. The van der Waals surface area contributed by atoms with E-state index in [0.29, 0.717) is 41.4 Å². The van der Waals surface area contributed by atoms with Crippen molar-refractivity contribution in [3.63, 3.8) is 0 Å². The number of amides is 1. The molecule has 1 aromatic carbocycles. The molecule has 1 aromatic heterocycles. The molecule has 5 nitrogen and oxygen atoms in total. The summed E-state index contributed by atoms with van der Waals surface area (Å²) in [5, 5.41) is 3.41. The Morgan fingerprint density at radius 3 is 3.05 bits per heavy atom. The molecule has 0 saturated carbocycles. The molecule has 0 atom stereocenters. The van der Waals surface area contributed by atoms with Gasteiger partial charge in [0, 0.05) is 12.7 Å². The minimum Gasteiger partial charge on any atom is -0.490 e. The highest BCUT2D eigenvalue weighted by molar-refractivity contribution is 6.35. The lowest BCUT2D eigenvalue weighted by atomic mass is 10.1. The van der Waals surface area contributed by atoms with E-state index in [4.69, 9.17) is 16.3 Å². The number of rotatable bonds is 3. The average Bonchev–Trinajstić information content (AvgIpc) is 2.49. The summed E-state index contributed by atoms with van der Waals surface area (Å²) in [6.45, 7) is 3.58. The summed E-state index contributed by atoms with van der Waals surface area (Å²) in [5.74, 6) is 0.263. The number of hydrogen-bond donors (Lipinski definition) is 1. The zero-order valence-electron chi connectivity index (χ0n) is 11.6. The number of ether oxygens (including phenoxy) is 1. The van der Waals surface area contributed by atoms with Crippen LogP contribution in [0.3, 0.4) is 0 Å². The predicted octanol–water partition coefficient (Wildman–Crippen LogP) is 2.19. The first kappa shape index (κ1) is 13.9. The summed E-state index contributed by atoms with van der Waals surface area (Å²) >= 11 is 6.17. The molecule has 0 spiro atoms. The van der Waals surface area contributed by atoms with Crippen LogP contribution in [0.5, 0.6) is 5.75 Å². The van der Waals surface area contributed by atoms with E-state index in [1.807, 2.05) is 11.5 Å². The van der Waals surface area contributed by atoms with E-state index in [1.54, 1.807) is 18.3 Å². The second kappa shape index (κ2) is 5.41. The summed E-state index contributed by atoms with van der Waals surface area (Å²) in [7, 11) is 0. The largest absolute Gasteiger partial charge is 0.490 e. The van der Waals surface area contributed by atoms with E-state index in [-0.39, 0.29) is 16.9 Å². The third kappa shape index (κ3) is 2.27. The number of nitrogens with one attached hydrogen (secondary N) is 1. The van der Waals surface area contributed by atoms with Crippen molar-refractivity contribution in [2.45, 2.75) is 19.9 Å². The van der Waals surface area contributed by atoms with Crippen molar-refractivity contribution in [2.75, 3.05) is 13.2 Å². The van der Waals surface area contributed by atoms with Crippen molar-refractivity contribution < 1.29 is 9.53 Å². The number of carbonyl (C=O) groups is 1. The van der Waals surface area contributed by atoms with Crippen LogP contribution in [0.2, 0.25) is 5.02 Å². The smallest absolute Gasteiger partial charge is 0.256 e. The van der Waals surface area contributed by atoms with E-state index >= 15 is 0 Å². The molecule has 21 heavy (non-hydrogen) atoms. The van der Waals surface area contributed by atoms with Crippen LogP contribution in [-0.4, -0.2) is 23.6 Å². The highest BCUT2D eigenvalue weighted by Gasteiger charge is 2.21. The molecule has 6 heteroatoms. The molecule has 2 aromatic rings. The van der Waals surface area contributed by atoms with Crippen LogP contribution in [0.4, 0.5) is 0 Å². The Morgan fingerprint density at radius 1 is 1.48 bits per heavy atom. The molecule has 3 rings (SSSR count). The summed E-state index contributed by atoms with van der Waals surface area (Å²) in [4.78, 5) is 24.7. The molecule has 0 saturated heterocycles. The normalized spacial score (nSPS) is 13.0. The van der Waals surface area contributed by atoms with Crippen molar-refractivity contribution in [3.8, 4) is 5.75 Å². The Kier molecular flexibility index (Phi) is 3.59. The van der Waals surface area contributed by atoms with Gasteiger partial charge in [0.2, 0.25) is 5.43 Å². The molecular formula is C15H15ClN2O3. The molecule has 0 unspecified atom stereocenters. The van der Waals surface area contributed by atoms with Gasteiger partial charge in [-0.3, -0.25) is 9.59 Å². The Labute approximate surface area is 126 Å². The van der Waals surface area contributed by atoms with Crippen LogP contribution in [0, 0.1) is 0 Å². The topological polar surface area (TPSA) is 60.3 Å². The Morgan fingerprint density at radius 2 is 2.29 bits per heavy atom. The van der Waals surface area contributed by atoms with Crippen molar-refractivity contribution in [3.05, 3.63) is 39.1 Å². The van der Waals surface area contributed by atoms with E-state index in [2.05, 4.69) is 5.32 Å². The molecule has 0 bridgehead atoms. The zero-order chi connectivity index (χ0) is 15.0. The summed E-state index contributed by atoms with van der Waals surface area (Å²) in [6.07, 6.45) is 2.41. The van der Waals surface area contributed by atoms with Crippen molar-refractivity contribution >= 4 is 28.4 Å². The van der Waals surface area contributed by atoms with Gasteiger partial charge in [-0.1, -0.05) is 18.5 Å². The van der Waals surface area contributed by atoms with Crippen molar-refractivity contribution in [1.29, 1.82) is 0 Å². The number of aromatic nitrogens is 1. The third-order valence-corrected chi connectivity index (χ3v) is 3.82. The maximum atomic E-state index is 12.6. The van der Waals surface area contributed by atoms with Gasteiger partial charge in [0.1, 0.15) is 17.9 Å². The van der Waals surface area contributed by atoms with Gasteiger partial charge in [-0.15, -0.1) is 0 Å². The first-order valence-electron chi connectivity index (χ1n) is 6.90. The molecule has 0 radical (unpaired) electrons. The van der Waals surface area contributed by atoms with Gasteiger partial charge in [-0.05, 0) is 18.6 Å². The SMILES string of the molecule is CCCNC(=O)c1cn2c3c(ccc(Cl)c3c1=O)OCC2. The average molecular weight is 307 g/mol. The molecule has 1 N–H and O–H groups in total. The zero-order valence-corrected chi connectivity index (χ0v) is 12.4. The molecule has 0 aliphatic carbocycles. The first-order chi connectivity index (χ1) is 10.1. The van der Waals surface area contributed by atoms with Gasteiger partial charge < -0.3 is 14.6 Å². The Hall–Kier alpha value is -2.01. The van der Waals surface area contributed by atoms with E-state index < -0.39 is 0 Å². The lowest BCUT2D eigenvalue weighted by Crippen LogP contribution is -2.31. The number of benzene rings is 1. The number of carbonyl (C=O) groups excluding carboxylic acids is 1. The van der Waals surface area contributed by atoms with Gasteiger partial charge in [-0.2, -0.15) is 0 Å². The second-order valence-electron chi connectivity index (χ2n) is 4.94. The molecule has 1 aliphatic rings. The number of halogens is 1. The van der Waals surface area contributed by atoms with Crippen LogP contribution in [-0.2, 0) is 6.54 Å². The highest BCUT2D eigenvalue weighted by atomic mass is 35.5. The summed E-state index contributed by atoms with van der Waals surface area (Å²) < 4.78 is 7.42. The maximum Gasteiger partial charge on any atom is 0.256 e. The van der Waals surface area contributed by atoms with Crippen LogP contribution in [0.1, 0.15) is 23.7 Å². The molecule has 110 valence electrons. The fourth-order valence-electron chi connectivity index (χ4n) is 2.50.